The summed E-state index contributed by atoms with van der Waals surface area (Å²) in [4.78, 5) is 26.5. The molecule has 0 radical (unpaired) electrons. The van der Waals surface area contributed by atoms with Crippen molar-refractivity contribution in [1.29, 1.82) is 0 Å². The van der Waals surface area contributed by atoms with Crippen molar-refractivity contribution in [3.05, 3.63) is 101 Å². The minimum Gasteiger partial charge on any atom is -0.486 e. The Morgan fingerprint density at radius 2 is 1.71 bits per heavy atom. The summed E-state index contributed by atoms with van der Waals surface area (Å²) in [5.74, 6) is -0.382. The highest BCUT2D eigenvalue weighted by atomic mass is 79.9. The van der Waals surface area contributed by atoms with Crippen molar-refractivity contribution in [1.82, 2.24) is 4.90 Å². The van der Waals surface area contributed by atoms with Gasteiger partial charge in [-0.1, -0.05) is 47.5 Å². The Bertz CT molecular complexity index is 1310. The van der Waals surface area contributed by atoms with Gasteiger partial charge in [0.15, 0.2) is 0 Å². The van der Waals surface area contributed by atoms with E-state index in [0.29, 0.717) is 30.3 Å². The molecule has 0 spiro atoms. The van der Waals surface area contributed by atoms with Gasteiger partial charge in [0.25, 0.3) is 11.1 Å². The average molecular weight is 646 g/mol. The van der Waals surface area contributed by atoms with Crippen molar-refractivity contribution in [2.45, 2.75) is 13.2 Å². The van der Waals surface area contributed by atoms with Gasteiger partial charge in [0.1, 0.15) is 18.2 Å². The number of hydrogen-bond donors (Lipinski definition) is 0. The molecule has 0 aromatic heterocycles. The van der Waals surface area contributed by atoms with Crippen molar-refractivity contribution in [2.24, 2.45) is 0 Å². The van der Waals surface area contributed by atoms with E-state index in [-0.39, 0.29) is 23.6 Å². The summed E-state index contributed by atoms with van der Waals surface area (Å²) in [6, 6.07) is 14.8. The molecule has 0 aliphatic carbocycles. The first kappa shape index (κ1) is 25.3. The molecule has 0 bridgehead atoms. The summed E-state index contributed by atoms with van der Waals surface area (Å²) < 4.78 is 21.2. The van der Waals surface area contributed by atoms with Crippen LogP contribution >= 0.6 is 66.8 Å². The first-order valence-electron chi connectivity index (χ1n) is 9.77. The Labute approximate surface area is 226 Å². The molecule has 10 heteroatoms. The van der Waals surface area contributed by atoms with Crippen LogP contribution in [-0.2, 0) is 17.9 Å². The summed E-state index contributed by atoms with van der Waals surface area (Å²) in [6.45, 7) is 0.101. The molecule has 1 heterocycles. The van der Waals surface area contributed by atoms with E-state index >= 15 is 0 Å². The average Bonchev–Trinajstić information content (AvgIpc) is 3.03. The molecule has 0 atom stereocenters. The van der Waals surface area contributed by atoms with Gasteiger partial charge in [-0.15, -0.1) is 0 Å². The van der Waals surface area contributed by atoms with Crippen molar-refractivity contribution < 1.29 is 18.7 Å². The summed E-state index contributed by atoms with van der Waals surface area (Å²) in [7, 11) is 0. The molecule has 3 aromatic rings. The number of ether oxygens (including phenoxy) is 1. The molecule has 0 saturated carbocycles. The lowest BCUT2D eigenvalue weighted by Gasteiger charge is -2.13. The Kier molecular flexibility index (Phi) is 8.05. The standard InChI is InChI=1S/C24H14Br2Cl2FNO3S/c25-17-7-13(8-18(26)22(17)33-12-15-5-6-16(27)10-19(15)28)9-21-23(31)30(24(32)34-21)11-14-3-1-2-4-20(14)29/h1-10H,11-12H2/b21-9+. The number of benzene rings is 3. The van der Waals surface area contributed by atoms with Crippen LogP contribution in [0.15, 0.2) is 68.4 Å². The van der Waals surface area contributed by atoms with E-state index in [0.717, 1.165) is 22.2 Å². The molecule has 3 aromatic carbocycles. The number of hydrogen-bond acceptors (Lipinski definition) is 4. The number of carbonyl (C=O) groups is 2. The van der Waals surface area contributed by atoms with Gasteiger partial charge < -0.3 is 4.74 Å². The zero-order chi connectivity index (χ0) is 24.4. The van der Waals surface area contributed by atoms with E-state index in [1.54, 1.807) is 54.6 Å². The maximum absolute atomic E-state index is 14.0. The third-order valence-electron chi connectivity index (χ3n) is 4.87. The quantitative estimate of drug-likeness (QED) is 0.252. The fraction of sp³-hybridized carbons (Fsp3) is 0.0833. The molecule has 2 amide bonds. The van der Waals surface area contributed by atoms with Gasteiger partial charge in [0.2, 0.25) is 0 Å². The summed E-state index contributed by atoms with van der Waals surface area (Å²) in [6.07, 6.45) is 1.61. The van der Waals surface area contributed by atoms with Crippen LogP contribution in [0.25, 0.3) is 6.08 Å². The third kappa shape index (κ3) is 5.69. The molecular formula is C24H14Br2Cl2FNO3S. The lowest BCUT2D eigenvalue weighted by Crippen LogP contribution is -2.27. The maximum atomic E-state index is 14.0. The van der Waals surface area contributed by atoms with Gasteiger partial charge in [-0.3, -0.25) is 14.5 Å². The normalized spacial score (nSPS) is 14.9. The predicted octanol–water partition coefficient (Wildman–Crippen LogP) is 8.47. The maximum Gasteiger partial charge on any atom is 0.293 e. The van der Waals surface area contributed by atoms with Crippen LogP contribution in [-0.4, -0.2) is 16.0 Å². The molecule has 0 unspecified atom stereocenters. The third-order valence-corrected chi connectivity index (χ3v) is 7.54. The molecule has 1 aliphatic rings. The van der Waals surface area contributed by atoms with Crippen LogP contribution in [0, 0.1) is 5.82 Å². The van der Waals surface area contributed by atoms with Crippen molar-refractivity contribution >= 4 is 84.0 Å². The van der Waals surface area contributed by atoms with Gasteiger partial charge >= 0.3 is 0 Å². The van der Waals surface area contributed by atoms with E-state index in [1.807, 2.05) is 0 Å². The van der Waals surface area contributed by atoms with E-state index in [2.05, 4.69) is 31.9 Å². The molecule has 174 valence electrons. The highest BCUT2D eigenvalue weighted by Gasteiger charge is 2.35. The molecule has 4 rings (SSSR count). The minimum absolute atomic E-state index is 0.123. The fourth-order valence-electron chi connectivity index (χ4n) is 3.17. The number of imide groups is 1. The Hall–Kier alpha value is -1.84. The molecule has 1 fully saturated rings. The van der Waals surface area contributed by atoms with Crippen LogP contribution in [0.1, 0.15) is 16.7 Å². The topological polar surface area (TPSA) is 46.6 Å². The molecule has 1 aliphatic heterocycles. The summed E-state index contributed by atoms with van der Waals surface area (Å²) in [5, 5.41) is 0.596. The van der Waals surface area contributed by atoms with Gasteiger partial charge in [-0.2, -0.15) is 0 Å². The lowest BCUT2D eigenvalue weighted by molar-refractivity contribution is -0.123. The first-order chi connectivity index (χ1) is 16.2. The Morgan fingerprint density at radius 3 is 2.38 bits per heavy atom. The molecule has 4 nitrogen and oxygen atoms in total. The van der Waals surface area contributed by atoms with Gasteiger partial charge in [-0.25, -0.2) is 4.39 Å². The fourth-order valence-corrected chi connectivity index (χ4v) is 5.93. The lowest BCUT2D eigenvalue weighted by atomic mass is 10.2. The SMILES string of the molecule is O=C1S/C(=C/c2cc(Br)c(OCc3ccc(Cl)cc3Cl)c(Br)c2)C(=O)N1Cc1ccccc1F. The van der Waals surface area contributed by atoms with Crippen LogP contribution in [0.5, 0.6) is 5.75 Å². The van der Waals surface area contributed by atoms with Crippen molar-refractivity contribution in [3.63, 3.8) is 0 Å². The van der Waals surface area contributed by atoms with Gasteiger partial charge in [0.05, 0.1) is 20.4 Å². The van der Waals surface area contributed by atoms with Crippen LogP contribution in [0.4, 0.5) is 9.18 Å². The smallest absolute Gasteiger partial charge is 0.293 e. The molecule has 0 N–H and O–H groups in total. The Morgan fingerprint density at radius 1 is 1.00 bits per heavy atom. The van der Waals surface area contributed by atoms with E-state index < -0.39 is 17.0 Å². The van der Waals surface area contributed by atoms with Crippen LogP contribution in [0.3, 0.4) is 0 Å². The molecule has 1 saturated heterocycles. The number of amides is 2. The largest absolute Gasteiger partial charge is 0.486 e. The van der Waals surface area contributed by atoms with Crippen molar-refractivity contribution in [2.75, 3.05) is 0 Å². The van der Waals surface area contributed by atoms with E-state index in [4.69, 9.17) is 27.9 Å². The van der Waals surface area contributed by atoms with Gasteiger partial charge in [0, 0.05) is 21.2 Å². The van der Waals surface area contributed by atoms with E-state index in [9.17, 15) is 14.0 Å². The summed E-state index contributed by atoms with van der Waals surface area (Å²) >= 11 is 19.9. The zero-order valence-electron chi connectivity index (χ0n) is 17.2. The van der Waals surface area contributed by atoms with Crippen LogP contribution in [0.2, 0.25) is 10.0 Å². The zero-order valence-corrected chi connectivity index (χ0v) is 22.7. The number of thioether (sulfide) groups is 1. The Balaban J connectivity index is 1.51. The first-order valence-corrected chi connectivity index (χ1v) is 12.9. The molecule has 34 heavy (non-hydrogen) atoms. The minimum atomic E-state index is -0.469. The second kappa shape index (κ2) is 10.8. The second-order valence-corrected chi connectivity index (χ2v) is 10.7. The predicted molar refractivity (Wildman–Crippen MR) is 141 cm³/mol. The number of halogens is 5. The molecular weight excluding hydrogens is 632 g/mol. The van der Waals surface area contributed by atoms with Crippen LogP contribution < -0.4 is 4.74 Å². The van der Waals surface area contributed by atoms with Crippen molar-refractivity contribution in [3.8, 4) is 5.75 Å². The second-order valence-electron chi connectivity index (χ2n) is 7.20. The highest BCUT2D eigenvalue weighted by molar-refractivity contribution is 9.11. The number of nitrogens with zero attached hydrogens (tertiary/aromatic N) is 1. The summed E-state index contributed by atoms with van der Waals surface area (Å²) in [5.41, 5.74) is 1.73. The highest BCUT2D eigenvalue weighted by Crippen LogP contribution is 2.39. The van der Waals surface area contributed by atoms with E-state index in [1.165, 1.54) is 6.07 Å². The number of rotatable bonds is 6. The number of carbonyl (C=O) groups excluding carboxylic acids is 2. The monoisotopic (exact) mass is 643 g/mol. The van der Waals surface area contributed by atoms with Gasteiger partial charge in [-0.05, 0) is 85.6 Å².